The van der Waals surface area contributed by atoms with Crippen molar-refractivity contribution in [3.8, 4) is 11.8 Å². The maximum absolute atomic E-state index is 3.25. The van der Waals surface area contributed by atoms with Crippen LogP contribution >= 0.6 is 34.4 Å². The number of halogens is 1. The molecule has 0 aliphatic rings. The molecule has 0 N–H and O–H groups in total. The number of benzene rings is 2. The van der Waals surface area contributed by atoms with Crippen LogP contribution < -0.4 is 0 Å². The topological polar surface area (TPSA) is 0 Å². The van der Waals surface area contributed by atoms with Crippen LogP contribution in [-0.4, -0.2) is 6.26 Å². The summed E-state index contributed by atoms with van der Waals surface area (Å²) in [6, 6.07) is 16.4. The molecule has 84 valence electrons. The molecule has 0 aliphatic carbocycles. The summed E-state index contributed by atoms with van der Waals surface area (Å²) in [7, 11) is 0. The lowest BCUT2D eigenvalue weighted by Gasteiger charge is -1.99. The van der Waals surface area contributed by atoms with E-state index in [-0.39, 0.29) is 0 Å². The highest BCUT2D eigenvalue weighted by molar-refractivity contribution is 14.1. The zero-order valence-corrected chi connectivity index (χ0v) is 12.4. The summed E-state index contributed by atoms with van der Waals surface area (Å²) in [6.45, 7) is 0. The Bertz CT molecular complexity index is 579. The van der Waals surface area contributed by atoms with E-state index in [1.165, 1.54) is 8.47 Å². The molecule has 0 fully saturated rings. The van der Waals surface area contributed by atoms with Crippen LogP contribution in [0.4, 0.5) is 0 Å². The lowest BCUT2D eigenvalue weighted by atomic mass is 10.2. The first-order valence-electron chi connectivity index (χ1n) is 5.21. The molecule has 0 aromatic heterocycles. The summed E-state index contributed by atoms with van der Waals surface area (Å²) in [5.41, 5.74) is 2.18. The molecule has 0 saturated heterocycles. The number of hydrogen-bond donors (Lipinski definition) is 0. The van der Waals surface area contributed by atoms with E-state index in [0.29, 0.717) is 0 Å². The van der Waals surface area contributed by atoms with E-state index in [9.17, 15) is 0 Å². The molecule has 2 aromatic carbocycles. The van der Waals surface area contributed by atoms with Crippen LogP contribution in [0.25, 0.3) is 0 Å². The molecule has 0 saturated carbocycles. The first kappa shape index (κ1) is 12.5. The van der Waals surface area contributed by atoms with E-state index in [2.05, 4.69) is 65.0 Å². The minimum absolute atomic E-state index is 1.09. The van der Waals surface area contributed by atoms with Crippen molar-refractivity contribution in [2.75, 3.05) is 6.26 Å². The molecule has 17 heavy (non-hydrogen) atoms. The molecule has 0 aliphatic heterocycles. The average Bonchev–Trinajstić information content (AvgIpc) is 2.38. The molecule has 2 rings (SSSR count). The third-order valence-electron chi connectivity index (χ3n) is 2.31. The third kappa shape index (κ3) is 3.27. The highest BCUT2D eigenvalue weighted by Gasteiger charge is 1.96. The molecule has 2 heteroatoms. The highest BCUT2D eigenvalue weighted by Crippen LogP contribution is 2.19. The van der Waals surface area contributed by atoms with E-state index < -0.39 is 0 Å². The summed E-state index contributed by atoms with van der Waals surface area (Å²) in [5.74, 6) is 6.48. The van der Waals surface area contributed by atoms with E-state index in [1.54, 1.807) is 11.8 Å². The van der Waals surface area contributed by atoms with E-state index >= 15 is 0 Å². The standard InChI is InChI=1S/C15H11IS/c1-17-15-9-5-3-7-13(15)11-10-12-6-2-4-8-14(12)16/h2-9H,1H3. The Morgan fingerprint density at radius 1 is 0.882 bits per heavy atom. The number of thioether (sulfide) groups is 1. The Morgan fingerprint density at radius 2 is 1.47 bits per heavy atom. The lowest BCUT2D eigenvalue weighted by Crippen LogP contribution is -1.82. The fourth-order valence-electron chi connectivity index (χ4n) is 1.45. The SMILES string of the molecule is CSc1ccccc1C#Cc1ccccc1I. The van der Waals surface area contributed by atoms with Crippen LogP contribution in [0.1, 0.15) is 11.1 Å². The minimum Gasteiger partial charge on any atom is -0.128 e. The first-order valence-corrected chi connectivity index (χ1v) is 7.51. The zero-order valence-electron chi connectivity index (χ0n) is 9.41. The number of hydrogen-bond acceptors (Lipinski definition) is 1. The van der Waals surface area contributed by atoms with Crippen molar-refractivity contribution >= 4 is 34.4 Å². The minimum atomic E-state index is 1.09. The van der Waals surface area contributed by atoms with Gasteiger partial charge in [0.15, 0.2) is 0 Å². The maximum atomic E-state index is 3.25. The predicted octanol–water partition coefficient (Wildman–Crippen LogP) is 4.41. The van der Waals surface area contributed by atoms with Crippen molar-refractivity contribution in [2.24, 2.45) is 0 Å². The normalized spacial score (nSPS) is 9.53. The second-order valence-electron chi connectivity index (χ2n) is 3.43. The van der Waals surface area contributed by atoms with Gasteiger partial charge >= 0.3 is 0 Å². The second-order valence-corrected chi connectivity index (χ2v) is 5.44. The van der Waals surface area contributed by atoms with Gasteiger partial charge in [0, 0.05) is 19.6 Å². The Morgan fingerprint density at radius 3 is 2.18 bits per heavy atom. The van der Waals surface area contributed by atoms with Crippen molar-refractivity contribution in [3.63, 3.8) is 0 Å². The van der Waals surface area contributed by atoms with Crippen LogP contribution in [0.15, 0.2) is 53.4 Å². The van der Waals surface area contributed by atoms with Gasteiger partial charge in [0.2, 0.25) is 0 Å². The molecular weight excluding hydrogens is 339 g/mol. The summed E-state index contributed by atoms with van der Waals surface area (Å²) in [6.07, 6.45) is 2.08. The molecule has 0 atom stereocenters. The predicted molar refractivity (Wildman–Crippen MR) is 83.4 cm³/mol. The van der Waals surface area contributed by atoms with Gasteiger partial charge in [-0.15, -0.1) is 11.8 Å². The zero-order chi connectivity index (χ0) is 12.1. The van der Waals surface area contributed by atoms with Gasteiger partial charge in [-0.1, -0.05) is 36.1 Å². The van der Waals surface area contributed by atoms with Gasteiger partial charge < -0.3 is 0 Å². The van der Waals surface area contributed by atoms with Gasteiger partial charge in [-0.05, 0) is 53.1 Å². The third-order valence-corrected chi connectivity index (χ3v) is 4.05. The van der Waals surface area contributed by atoms with Gasteiger partial charge in [0.1, 0.15) is 0 Å². The molecule has 0 heterocycles. The molecule has 0 nitrogen and oxygen atoms in total. The molecule has 0 amide bonds. The second kappa shape index (κ2) is 6.13. The largest absolute Gasteiger partial charge is 0.128 e. The van der Waals surface area contributed by atoms with Gasteiger partial charge in [-0.2, -0.15) is 0 Å². The molecule has 0 unspecified atom stereocenters. The maximum Gasteiger partial charge on any atom is 0.0384 e. The van der Waals surface area contributed by atoms with Crippen molar-refractivity contribution in [2.45, 2.75) is 4.90 Å². The van der Waals surface area contributed by atoms with Gasteiger partial charge in [-0.3, -0.25) is 0 Å². The summed E-state index contributed by atoms with van der Waals surface area (Å²) in [5, 5.41) is 0. The summed E-state index contributed by atoms with van der Waals surface area (Å²) < 4.78 is 1.19. The van der Waals surface area contributed by atoms with E-state index in [1.807, 2.05) is 24.3 Å². The summed E-state index contributed by atoms with van der Waals surface area (Å²) >= 11 is 4.04. The average molecular weight is 350 g/mol. The lowest BCUT2D eigenvalue weighted by molar-refractivity contribution is 1.42. The molecule has 0 radical (unpaired) electrons. The van der Waals surface area contributed by atoms with E-state index in [4.69, 9.17) is 0 Å². The fourth-order valence-corrected chi connectivity index (χ4v) is 2.52. The summed E-state index contributed by atoms with van der Waals surface area (Å²) in [4.78, 5) is 1.23. The van der Waals surface area contributed by atoms with Crippen LogP contribution in [0.3, 0.4) is 0 Å². The van der Waals surface area contributed by atoms with Crippen molar-refractivity contribution in [1.29, 1.82) is 0 Å². The Kier molecular flexibility index (Phi) is 4.52. The monoisotopic (exact) mass is 350 g/mol. The fraction of sp³-hybridized carbons (Fsp3) is 0.0667. The van der Waals surface area contributed by atoms with Crippen molar-refractivity contribution in [3.05, 3.63) is 63.2 Å². The molecule has 0 bridgehead atoms. The first-order chi connectivity index (χ1) is 8.31. The van der Waals surface area contributed by atoms with Crippen LogP contribution in [0.5, 0.6) is 0 Å². The van der Waals surface area contributed by atoms with Gasteiger partial charge in [0.05, 0.1) is 0 Å². The van der Waals surface area contributed by atoms with Gasteiger partial charge in [-0.25, -0.2) is 0 Å². The highest BCUT2D eigenvalue weighted by atomic mass is 127. The molecule has 0 spiro atoms. The van der Waals surface area contributed by atoms with Gasteiger partial charge in [0.25, 0.3) is 0 Å². The quantitative estimate of drug-likeness (QED) is 0.417. The van der Waals surface area contributed by atoms with Crippen LogP contribution in [-0.2, 0) is 0 Å². The smallest absolute Gasteiger partial charge is 0.0384 e. The Labute approximate surface area is 120 Å². The van der Waals surface area contributed by atoms with Crippen molar-refractivity contribution < 1.29 is 0 Å². The molecule has 2 aromatic rings. The molecular formula is C15H11IS. The Balaban J connectivity index is 2.37. The van der Waals surface area contributed by atoms with Crippen molar-refractivity contribution in [1.82, 2.24) is 0 Å². The van der Waals surface area contributed by atoms with E-state index in [0.717, 1.165) is 11.1 Å². The van der Waals surface area contributed by atoms with Crippen LogP contribution in [0.2, 0.25) is 0 Å². The van der Waals surface area contributed by atoms with Crippen LogP contribution in [0, 0.1) is 15.4 Å². The number of rotatable bonds is 1. The Hall–Kier alpha value is -0.920.